The maximum Gasteiger partial charge on any atom is 0.136 e. The Balaban J connectivity index is 1.18. The Kier molecular flexibility index (Phi) is 6.50. The Morgan fingerprint density at radius 2 is 0.830 bits per heavy atom. The van der Waals surface area contributed by atoms with Crippen LogP contribution in [0, 0.1) is 6.92 Å². The van der Waals surface area contributed by atoms with E-state index in [1.165, 1.54) is 76.5 Å². The van der Waals surface area contributed by atoms with Crippen molar-refractivity contribution in [2.75, 3.05) is 0 Å². The fraction of sp³-hybridized carbons (Fsp3) is 0.0196. The molecule has 2 heteroatoms. The van der Waals surface area contributed by atoms with Gasteiger partial charge in [-0.2, -0.15) is 0 Å². The molecule has 248 valence electrons. The Morgan fingerprint density at radius 1 is 0.340 bits per heavy atom. The molecule has 0 aliphatic heterocycles. The first-order valence-electron chi connectivity index (χ1n) is 18.2. The molecule has 2 nitrogen and oxygen atoms in total. The van der Waals surface area contributed by atoms with Crippen LogP contribution in [-0.2, 0) is 0 Å². The number of hydrogen-bond acceptors (Lipinski definition) is 2. The maximum atomic E-state index is 6.80. The van der Waals surface area contributed by atoms with Gasteiger partial charge in [0.25, 0.3) is 0 Å². The predicted molar refractivity (Wildman–Crippen MR) is 222 cm³/mol. The molecule has 0 aliphatic carbocycles. The van der Waals surface area contributed by atoms with Gasteiger partial charge in [0.15, 0.2) is 0 Å². The third-order valence-electron chi connectivity index (χ3n) is 11.1. The summed E-state index contributed by atoms with van der Waals surface area (Å²) in [4.78, 5) is 0. The lowest BCUT2D eigenvalue weighted by molar-refractivity contribution is 0.566. The lowest BCUT2D eigenvalue weighted by Crippen LogP contribution is -1.91. The second-order valence-corrected chi connectivity index (χ2v) is 14.0. The molecule has 11 rings (SSSR count). The van der Waals surface area contributed by atoms with Gasteiger partial charge >= 0.3 is 0 Å². The van der Waals surface area contributed by atoms with Crippen LogP contribution >= 0.6 is 0 Å². The van der Waals surface area contributed by atoms with Crippen molar-refractivity contribution in [3.05, 3.63) is 182 Å². The summed E-state index contributed by atoms with van der Waals surface area (Å²) in [7, 11) is 0. The number of furan rings is 2. The second kappa shape index (κ2) is 11.6. The zero-order valence-corrected chi connectivity index (χ0v) is 29.1. The average molecular weight is 677 g/mol. The minimum atomic E-state index is 0.879. The van der Waals surface area contributed by atoms with Gasteiger partial charge in [0, 0.05) is 21.9 Å². The smallest absolute Gasteiger partial charge is 0.136 e. The van der Waals surface area contributed by atoms with Crippen molar-refractivity contribution in [1.29, 1.82) is 0 Å². The topological polar surface area (TPSA) is 26.3 Å². The molecular weight excluding hydrogens is 645 g/mol. The first kappa shape index (κ1) is 29.8. The number of aryl methyl sites for hydroxylation is 1. The van der Waals surface area contributed by atoms with Crippen molar-refractivity contribution in [2.24, 2.45) is 0 Å². The monoisotopic (exact) mass is 676 g/mol. The standard InChI is InChI=1S/C51H32O2/c1-31-29-52-30-44(31)50-40-22-11-9-20-38(40)49(39-21-10-12-23-41(39)50)43-24-13-25-45-51(43)42-27-26-33(28-46(42)53-45)48-36-18-7-5-16-34(36)47(32-14-3-2-4-15-32)35-17-6-8-19-37(35)48/h2-30H,1H3. The third-order valence-corrected chi connectivity index (χ3v) is 11.1. The van der Waals surface area contributed by atoms with Crippen LogP contribution in [-0.4, -0.2) is 0 Å². The van der Waals surface area contributed by atoms with Crippen molar-refractivity contribution in [3.63, 3.8) is 0 Å². The van der Waals surface area contributed by atoms with Gasteiger partial charge in [-0.3, -0.25) is 0 Å². The van der Waals surface area contributed by atoms with E-state index in [0.29, 0.717) is 0 Å². The molecule has 0 amide bonds. The SMILES string of the molecule is Cc1cocc1-c1c2ccccc2c(-c2cccc3oc4cc(-c5c6ccccc6c(-c6ccccc6)c6ccccc56)ccc4c23)c2ccccc12. The molecule has 0 N–H and O–H groups in total. The van der Waals surface area contributed by atoms with E-state index in [-0.39, 0.29) is 0 Å². The Labute approximate surface area is 306 Å². The Hall–Kier alpha value is -6.90. The highest BCUT2D eigenvalue weighted by molar-refractivity contribution is 6.26. The van der Waals surface area contributed by atoms with Crippen molar-refractivity contribution >= 4 is 65.0 Å². The summed E-state index contributed by atoms with van der Waals surface area (Å²) in [6.07, 6.45) is 3.72. The van der Waals surface area contributed by atoms with E-state index in [1.54, 1.807) is 0 Å². The van der Waals surface area contributed by atoms with Crippen LogP contribution in [0.1, 0.15) is 5.56 Å². The highest BCUT2D eigenvalue weighted by atomic mass is 16.3. The molecule has 9 aromatic carbocycles. The van der Waals surface area contributed by atoms with Crippen LogP contribution in [0.5, 0.6) is 0 Å². The van der Waals surface area contributed by atoms with Crippen molar-refractivity contribution in [1.82, 2.24) is 0 Å². The number of rotatable bonds is 4. The fourth-order valence-corrected chi connectivity index (χ4v) is 8.87. The van der Waals surface area contributed by atoms with Crippen LogP contribution in [0.3, 0.4) is 0 Å². The van der Waals surface area contributed by atoms with Crippen LogP contribution in [0.25, 0.3) is 110 Å². The van der Waals surface area contributed by atoms with Crippen LogP contribution < -0.4 is 0 Å². The zero-order valence-electron chi connectivity index (χ0n) is 29.1. The fourth-order valence-electron chi connectivity index (χ4n) is 8.87. The molecule has 0 bridgehead atoms. The largest absolute Gasteiger partial charge is 0.472 e. The van der Waals surface area contributed by atoms with E-state index in [4.69, 9.17) is 8.83 Å². The molecule has 0 spiro atoms. The van der Waals surface area contributed by atoms with Gasteiger partial charge in [0.1, 0.15) is 11.2 Å². The van der Waals surface area contributed by atoms with Crippen molar-refractivity contribution in [3.8, 4) is 44.5 Å². The molecule has 0 atom stereocenters. The van der Waals surface area contributed by atoms with E-state index in [9.17, 15) is 0 Å². The zero-order chi connectivity index (χ0) is 35.0. The first-order chi connectivity index (χ1) is 26.2. The van der Waals surface area contributed by atoms with Gasteiger partial charge in [-0.1, -0.05) is 146 Å². The van der Waals surface area contributed by atoms with Gasteiger partial charge in [0.05, 0.1) is 12.5 Å². The second-order valence-electron chi connectivity index (χ2n) is 14.0. The summed E-state index contributed by atoms with van der Waals surface area (Å²) < 4.78 is 12.5. The lowest BCUT2D eigenvalue weighted by atomic mass is 9.84. The summed E-state index contributed by atoms with van der Waals surface area (Å²) in [6, 6.07) is 59.2. The van der Waals surface area contributed by atoms with E-state index in [1.807, 2.05) is 12.5 Å². The van der Waals surface area contributed by atoms with Crippen LogP contribution in [0.2, 0.25) is 0 Å². The molecule has 53 heavy (non-hydrogen) atoms. The normalized spacial score (nSPS) is 11.9. The quantitative estimate of drug-likeness (QED) is 0.173. The Bertz CT molecular complexity index is 3120. The summed E-state index contributed by atoms with van der Waals surface area (Å²) in [5, 5.41) is 12.0. The van der Waals surface area contributed by atoms with Crippen LogP contribution in [0.4, 0.5) is 0 Å². The number of fused-ring (bicyclic) bond motifs is 7. The van der Waals surface area contributed by atoms with Crippen molar-refractivity contribution in [2.45, 2.75) is 6.92 Å². The summed E-state index contributed by atoms with van der Waals surface area (Å²) in [6.45, 7) is 2.12. The molecule has 0 aliphatic rings. The molecule has 0 saturated carbocycles. The highest BCUT2D eigenvalue weighted by Crippen LogP contribution is 2.49. The summed E-state index contributed by atoms with van der Waals surface area (Å²) in [5.74, 6) is 0. The van der Waals surface area contributed by atoms with E-state index < -0.39 is 0 Å². The average Bonchev–Trinajstić information content (AvgIpc) is 3.81. The molecular formula is C51H32O2. The first-order valence-corrected chi connectivity index (χ1v) is 18.2. The molecule has 11 aromatic rings. The molecule has 2 heterocycles. The number of benzene rings is 9. The number of hydrogen-bond donors (Lipinski definition) is 0. The molecule has 0 unspecified atom stereocenters. The summed E-state index contributed by atoms with van der Waals surface area (Å²) in [5.41, 5.74) is 12.5. The summed E-state index contributed by atoms with van der Waals surface area (Å²) >= 11 is 0. The minimum Gasteiger partial charge on any atom is -0.472 e. The lowest BCUT2D eigenvalue weighted by Gasteiger charge is -2.18. The van der Waals surface area contributed by atoms with Crippen molar-refractivity contribution < 1.29 is 8.83 Å². The highest BCUT2D eigenvalue weighted by Gasteiger charge is 2.22. The molecule has 0 saturated heterocycles. The predicted octanol–water partition coefficient (Wildman–Crippen LogP) is 14.8. The van der Waals surface area contributed by atoms with E-state index in [0.717, 1.165) is 38.6 Å². The van der Waals surface area contributed by atoms with Crippen LogP contribution in [0.15, 0.2) is 185 Å². The van der Waals surface area contributed by atoms with Gasteiger partial charge in [-0.05, 0) is 107 Å². The van der Waals surface area contributed by atoms with Gasteiger partial charge in [0.2, 0.25) is 0 Å². The third kappa shape index (κ3) is 4.39. The molecule has 0 fully saturated rings. The van der Waals surface area contributed by atoms with Gasteiger partial charge in [-0.15, -0.1) is 0 Å². The van der Waals surface area contributed by atoms with Gasteiger partial charge < -0.3 is 8.83 Å². The minimum absolute atomic E-state index is 0.879. The van der Waals surface area contributed by atoms with E-state index in [2.05, 4.69) is 171 Å². The van der Waals surface area contributed by atoms with E-state index >= 15 is 0 Å². The maximum absolute atomic E-state index is 6.80. The molecule has 0 radical (unpaired) electrons. The Morgan fingerprint density at radius 3 is 1.36 bits per heavy atom. The van der Waals surface area contributed by atoms with Gasteiger partial charge in [-0.25, -0.2) is 0 Å². The molecule has 2 aromatic heterocycles.